The molecular formula is C25H23F2N3O4. The first-order valence-corrected chi connectivity index (χ1v) is 10.6. The highest BCUT2D eigenvalue weighted by Gasteiger charge is 2.35. The molecule has 1 heterocycles. The van der Waals surface area contributed by atoms with Gasteiger partial charge < -0.3 is 14.4 Å². The van der Waals surface area contributed by atoms with Crippen molar-refractivity contribution in [2.24, 2.45) is 5.92 Å². The largest absolute Gasteiger partial charge is 0.493 e. The van der Waals surface area contributed by atoms with Crippen molar-refractivity contribution in [2.45, 2.75) is 13.0 Å². The normalized spacial score (nSPS) is 15.2. The number of hydrogen-bond acceptors (Lipinski definition) is 5. The van der Waals surface area contributed by atoms with Crippen LogP contribution < -0.4 is 25.2 Å². The van der Waals surface area contributed by atoms with E-state index >= 15 is 0 Å². The smallest absolute Gasteiger partial charge is 0.243 e. The van der Waals surface area contributed by atoms with Gasteiger partial charge in [-0.15, -0.1) is 0 Å². The van der Waals surface area contributed by atoms with E-state index in [4.69, 9.17) is 9.47 Å². The van der Waals surface area contributed by atoms with E-state index in [1.165, 1.54) is 48.4 Å². The van der Waals surface area contributed by atoms with Crippen molar-refractivity contribution in [1.29, 1.82) is 0 Å². The maximum Gasteiger partial charge on any atom is 0.243 e. The molecule has 0 unspecified atom stereocenters. The average molecular weight is 467 g/mol. The van der Waals surface area contributed by atoms with Crippen LogP contribution in [-0.4, -0.2) is 25.5 Å². The number of hydrazine groups is 1. The summed E-state index contributed by atoms with van der Waals surface area (Å²) < 4.78 is 37.3. The van der Waals surface area contributed by atoms with Gasteiger partial charge >= 0.3 is 0 Å². The summed E-state index contributed by atoms with van der Waals surface area (Å²) in [5.41, 5.74) is 7.35. The van der Waals surface area contributed by atoms with Gasteiger partial charge in [-0.3, -0.25) is 20.4 Å². The minimum atomic E-state index is -0.551. The second-order valence-electron chi connectivity index (χ2n) is 7.78. The fraction of sp³-hybridized carbons (Fsp3) is 0.200. The molecule has 1 aliphatic rings. The highest BCUT2D eigenvalue weighted by molar-refractivity contribution is 6.00. The average Bonchev–Trinajstić information content (AvgIpc) is 3.24. The Hall–Kier alpha value is -4.14. The molecule has 0 radical (unpaired) electrons. The minimum absolute atomic E-state index is 0.0599. The Morgan fingerprint density at radius 2 is 1.68 bits per heavy atom. The van der Waals surface area contributed by atoms with Crippen molar-refractivity contribution < 1.29 is 27.8 Å². The van der Waals surface area contributed by atoms with Gasteiger partial charge in [0.15, 0.2) is 11.5 Å². The zero-order valence-electron chi connectivity index (χ0n) is 18.4. The number of nitrogens with zero attached hydrogens (tertiary/aromatic N) is 1. The van der Waals surface area contributed by atoms with Crippen LogP contribution in [0.5, 0.6) is 11.5 Å². The molecule has 2 N–H and O–H groups in total. The molecule has 7 nitrogen and oxygen atoms in total. The second kappa shape index (κ2) is 10.2. The van der Waals surface area contributed by atoms with Crippen LogP contribution in [0, 0.1) is 17.6 Å². The van der Waals surface area contributed by atoms with Crippen molar-refractivity contribution in [3.8, 4) is 11.5 Å². The molecule has 1 aliphatic heterocycles. The number of halogens is 2. The molecule has 1 atom stereocenters. The number of benzene rings is 3. The van der Waals surface area contributed by atoms with E-state index < -0.39 is 11.7 Å². The van der Waals surface area contributed by atoms with Crippen LogP contribution in [0.3, 0.4) is 0 Å². The lowest BCUT2D eigenvalue weighted by molar-refractivity contribution is -0.125. The molecule has 0 saturated carbocycles. The van der Waals surface area contributed by atoms with E-state index in [2.05, 4.69) is 10.9 Å². The Labute approximate surface area is 195 Å². The van der Waals surface area contributed by atoms with Crippen LogP contribution in [0.1, 0.15) is 12.0 Å². The van der Waals surface area contributed by atoms with Crippen LogP contribution in [0.25, 0.3) is 0 Å². The molecule has 0 aromatic heterocycles. The number of amides is 2. The molecular weight excluding hydrogens is 444 g/mol. The molecule has 4 rings (SSSR count). The lowest BCUT2D eigenvalue weighted by Gasteiger charge is -2.17. The van der Waals surface area contributed by atoms with Crippen molar-refractivity contribution in [2.75, 3.05) is 24.0 Å². The molecule has 34 heavy (non-hydrogen) atoms. The molecule has 3 aromatic rings. The van der Waals surface area contributed by atoms with Gasteiger partial charge in [-0.1, -0.05) is 12.1 Å². The SMILES string of the molecule is COc1cc(NNC(=O)[C@@H]2CC(=O)N(c3ccc(F)cc3)C2)ccc1OCc1ccc(F)cc1. The number of anilines is 2. The number of methoxy groups -OCH3 is 1. The van der Waals surface area contributed by atoms with Crippen LogP contribution >= 0.6 is 0 Å². The zero-order chi connectivity index (χ0) is 24.1. The van der Waals surface area contributed by atoms with Gasteiger partial charge in [0, 0.05) is 24.7 Å². The molecule has 0 aliphatic carbocycles. The number of nitrogens with one attached hydrogen (secondary N) is 2. The maximum absolute atomic E-state index is 13.1. The predicted molar refractivity (Wildman–Crippen MR) is 122 cm³/mol. The van der Waals surface area contributed by atoms with E-state index in [9.17, 15) is 18.4 Å². The van der Waals surface area contributed by atoms with Crippen molar-refractivity contribution in [3.05, 3.63) is 83.9 Å². The van der Waals surface area contributed by atoms with E-state index in [-0.39, 0.29) is 37.2 Å². The molecule has 9 heteroatoms. The lowest BCUT2D eigenvalue weighted by atomic mass is 10.1. The van der Waals surface area contributed by atoms with Crippen molar-refractivity contribution in [1.82, 2.24) is 5.43 Å². The highest BCUT2D eigenvalue weighted by atomic mass is 19.1. The number of carbonyl (C=O) groups is 2. The molecule has 1 saturated heterocycles. The van der Waals surface area contributed by atoms with E-state index in [1.807, 2.05) is 0 Å². The Morgan fingerprint density at radius 1 is 1.00 bits per heavy atom. The van der Waals surface area contributed by atoms with Gasteiger partial charge in [0.2, 0.25) is 11.8 Å². The van der Waals surface area contributed by atoms with Crippen molar-refractivity contribution in [3.63, 3.8) is 0 Å². The Morgan fingerprint density at radius 3 is 2.35 bits per heavy atom. The van der Waals surface area contributed by atoms with Gasteiger partial charge in [0.05, 0.1) is 18.7 Å². The van der Waals surface area contributed by atoms with Gasteiger partial charge in [0.25, 0.3) is 0 Å². The summed E-state index contributed by atoms with van der Waals surface area (Å²) in [6.07, 6.45) is 0.0599. The number of carbonyl (C=O) groups excluding carboxylic acids is 2. The van der Waals surface area contributed by atoms with E-state index in [0.29, 0.717) is 22.9 Å². The monoisotopic (exact) mass is 467 g/mol. The van der Waals surface area contributed by atoms with Crippen LogP contribution in [0.15, 0.2) is 66.7 Å². The number of ether oxygens (including phenoxy) is 2. The third-order valence-electron chi connectivity index (χ3n) is 5.44. The Kier molecular flexibility index (Phi) is 6.91. The molecule has 2 amide bonds. The highest BCUT2D eigenvalue weighted by Crippen LogP contribution is 2.31. The summed E-state index contributed by atoms with van der Waals surface area (Å²) in [6, 6.07) is 16.6. The molecule has 3 aromatic carbocycles. The quantitative estimate of drug-likeness (QED) is 0.489. The summed E-state index contributed by atoms with van der Waals surface area (Å²) in [6.45, 7) is 0.442. The van der Waals surface area contributed by atoms with E-state index in [1.54, 1.807) is 30.3 Å². The fourth-order valence-corrected chi connectivity index (χ4v) is 3.60. The summed E-state index contributed by atoms with van der Waals surface area (Å²) in [7, 11) is 1.50. The topological polar surface area (TPSA) is 79.9 Å². The number of rotatable bonds is 8. The van der Waals surface area contributed by atoms with Crippen LogP contribution in [-0.2, 0) is 16.2 Å². The molecule has 1 fully saturated rings. The Balaban J connectivity index is 1.33. The third-order valence-corrected chi connectivity index (χ3v) is 5.44. The van der Waals surface area contributed by atoms with E-state index in [0.717, 1.165) is 5.56 Å². The van der Waals surface area contributed by atoms with Gasteiger partial charge in [-0.25, -0.2) is 8.78 Å². The van der Waals surface area contributed by atoms with Gasteiger partial charge in [-0.05, 0) is 54.1 Å². The standard InChI is InChI=1S/C25H23F2N3O4/c1-33-23-13-20(8-11-22(23)34-15-16-2-4-18(26)5-3-16)28-29-25(32)17-12-24(31)30(14-17)21-9-6-19(27)7-10-21/h2-11,13,17,28H,12,14-15H2,1H3,(H,29,32)/t17-/m1/s1. The van der Waals surface area contributed by atoms with Crippen molar-refractivity contribution >= 4 is 23.2 Å². The molecule has 0 bridgehead atoms. The first-order valence-electron chi connectivity index (χ1n) is 10.6. The first kappa shape index (κ1) is 23.0. The fourth-order valence-electron chi connectivity index (χ4n) is 3.60. The third kappa shape index (κ3) is 5.43. The maximum atomic E-state index is 13.1. The first-order chi connectivity index (χ1) is 16.4. The zero-order valence-corrected chi connectivity index (χ0v) is 18.4. The summed E-state index contributed by atoms with van der Waals surface area (Å²) in [5, 5.41) is 0. The summed E-state index contributed by atoms with van der Waals surface area (Å²) >= 11 is 0. The summed E-state index contributed by atoms with van der Waals surface area (Å²) in [4.78, 5) is 26.4. The Bertz CT molecular complexity index is 1170. The summed E-state index contributed by atoms with van der Waals surface area (Å²) in [5.74, 6) is -0.866. The molecule has 0 spiro atoms. The predicted octanol–water partition coefficient (Wildman–Crippen LogP) is 4.05. The second-order valence-corrected chi connectivity index (χ2v) is 7.78. The van der Waals surface area contributed by atoms with Gasteiger partial charge in [0.1, 0.15) is 18.2 Å². The van der Waals surface area contributed by atoms with Crippen LogP contribution in [0.2, 0.25) is 0 Å². The molecule has 176 valence electrons. The number of hydrogen-bond donors (Lipinski definition) is 2. The van der Waals surface area contributed by atoms with Gasteiger partial charge in [-0.2, -0.15) is 0 Å². The minimum Gasteiger partial charge on any atom is -0.493 e. The van der Waals surface area contributed by atoms with Crippen LogP contribution in [0.4, 0.5) is 20.2 Å². The lowest BCUT2D eigenvalue weighted by Crippen LogP contribution is -2.36.